The van der Waals surface area contributed by atoms with Gasteiger partial charge in [-0.05, 0) is 47.9 Å². The molecule has 2 unspecified atom stereocenters. The van der Waals surface area contributed by atoms with Gasteiger partial charge in [-0.3, -0.25) is 0 Å². The molecule has 2 N–H and O–H groups in total. The topological polar surface area (TPSA) is 69.6 Å². The molecule has 2 aromatic rings. The van der Waals surface area contributed by atoms with E-state index in [9.17, 15) is 0 Å². The van der Waals surface area contributed by atoms with Crippen molar-refractivity contribution < 1.29 is 0 Å². The maximum Gasteiger partial charge on any atom is 0.183 e. The SMILES string of the molecule is CCC(C)CC(C)n1nnnc1-c1ccc(N)cc1Cl. The van der Waals surface area contributed by atoms with Gasteiger partial charge < -0.3 is 5.73 Å². The van der Waals surface area contributed by atoms with Gasteiger partial charge in [0.15, 0.2) is 5.82 Å². The van der Waals surface area contributed by atoms with Gasteiger partial charge in [0.05, 0.1) is 11.1 Å². The predicted octanol–water partition coefficient (Wildman–Crippen LogP) is 3.57. The number of hydrogen-bond donors (Lipinski definition) is 1. The Morgan fingerprint density at radius 2 is 2.10 bits per heavy atom. The maximum atomic E-state index is 6.24. The van der Waals surface area contributed by atoms with E-state index in [4.69, 9.17) is 17.3 Å². The Labute approximate surface area is 124 Å². The Morgan fingerprint density at radius 3 is 2.75 bits per heavy atom. The van der Waals surface area contributed by atoms with E-state index in [0.29, 0.717) is 22.5 Å². The molecule has 1 aromatic carbocycles. The molecule has 0 saturated heterocycles. The van der Waals surface area contributed by atoms with E-state index < -0.39 is 0 Å². The van der Waals surface area contributed by atoms with Crippen molar-refractivity contribution in [3.05, 3.63) is 23.2 Å². The second-order valence-corrected chi connectivity index (χ2v) is 5.69. The van der Waals surface area contributed by atoms with Crippen LogP contribution in [-0.4, -0.2) is 20.2 Å². The summed E-state index contributed by atoms with van der Waals surface area (Å²) in [5.41, 5.74) is 7.16. The lowest BCUT2D eigenvalue weighted by atomic mass is 10.0. The molecule has 0 aliphatic heterocycles. The Morgan fingerprint density at radius 1 is 1.35 bits per heavy atom. The monoisotopic (exact) mass is 293 g/mol. The third-order valence-electron chi connectivity index (χ3n) is 3.58. The Bertz CT molecular complexity index is 581. The number of rotatable bonds is 5. The lowest BCUT2D eigenvalue weighted by molar-refractivity contribution is 0.371. The van der Waals surface area contributed by atoms with Gasteiger partial charge in [-0.25, -0.2) is 4.68 Å². The molecule has 0 radical (unpaired) electrons. The zero-order valence-electron chi connectivity index (χ0n) is 12.0. The highest BCUT2D eigenvalue weighted by molar-refractivity contribution is 6.33. The molecular weight excluding hydrogens is 274 g/mol. The summed E-state index contributed by atoms with van der Waals surface area (Å²) in [6.07, 6.45) is 2.17. The molecule has 0 spiro atoms. The van der Waals surface area contributed by atoms with Crippen LogP contribution in [0.25, 0.3) is 11.4 Å². The zero-order valence-corrected chi connectivity index (χ0v) is 12.8. The van der Waals surface area contributed by atoms with E-state index in [2.05, 4.69) is 36.3 Å². The minimum absolute atomic E-state index is 0.226. The van der Waals surface area contributed by atoms with Crippen LogP contribution in [0, 0.1) is 5.92 Å². The second-order valence-electron chi connectivity index (χ2n) is 5.28. The molecule has 2 rings (SSSR count). The number of nitrogen functional groups attached to an aromatic ring is 1. The molecule has 2 atom stereocenters. The second kappa shape index (κ2) is 6.22. The summed E-state index contributed by atoms with van der Waals surface area (Å²) in [5, 5.41) is 12.6. The molecule has 1 heterocycles. The van der Waals surface area contributed by atoms with Crippen molar-refractivity contribution in [2.75, 3.05) is 5.73 Å². The normalized spacial score (nSPS) is 14.2. The number of anilines is 1. The van der Waals surface area contributed by atoms with Crippen LogP contribution in [0.15, 0.2) is 18.2 Å². The quantitative estimate of drug-likeness (QED) is 0.856. The molecule has 20 heavy (non-hydrogen) atoms. The third kappa shape index (κ3) is 3.10. The van der Waals surface area contributed by atoms with Crippen molar-refractivity contribution in [3.63, 3.8) is 0 Å². The van der Waals surface area contributed by atoms with Gasteiger partial charge in [0, 0.05) is 11.3 Å². The summed E-state index contributed by atoms with van der Waals surface area (Å²) in [4.78, 5) is 0. The molecule has 6 heteroatoms. The standard InChI is InChI=1S/C14H20ClN5/c1-4-9(2)7-10(3)20-14(17-18-19-20)12-6-5-11(16)8-13(12)15/h5-6,8-10H,4,7,16H2,1-3H3. The highest BCUT2D eigenvalue weighted by atomic mass is 35.5. The van der Waals surface area contributed by atoms with Crippen LogP contribution in [0.5, 0.6) is 0 Å². The fourth-order valence-electron chi connectivity index (χ4n) is 2.23. The minimum Gasteiger partial charge on any atom is -0.399 e. The minimum atomic E-state index is 0.226. The van der Waals surface area contributed by atoms with Crippen LogP contribution in [0.3, 0.4) is 0 Å². The first kappa shape index (κ1) is 14.8. The Kier molecular flexibility index (Phi) is 4.60. The first-order valence-electron chi connectivity index (χ1n) is 6.86. The summed E-state index contributed by atoms with van der Waals surface area (Å²) >= 11 is 6.24. The molecule has 1 aromatic heterocycles. The van der Waals surface area contributed by atoms with Gasteiger partial charge in [-0.2, -0.15) is 0 Å². The van der Waals surface area contributed by atoms with Gasteiger partial charge in [0.2, 0.25) is 0 Å². The number of nitrogens with two attached hydrogens (primary N) is 1. The largest absolute Gasteiger partial charge is 0.399 e. The van der Waals surface area contributed by atoms with Gasteiger partial charge in [0.1, 0.15) is 0 Å². The smallest absolute Gasteiger partial charge is 0.183 e. The first-order chi connectivity index (χ1) is 9.52. The fraction of sp³-hybridized carbons (Fsp3) is 0.500. The molecule has 0 saturated carbocycles. The van der Waals surface area contributed by atoms with Crippen molar-refractivity contribution in [1.82, 2.24) is 20.2 Å². The number of nitrogens with zero attached hydrogens (tertiary/aromatic N) is 4. The van der Waals surface area contributed by atoms with Crippen LogP contribution in [-0.2, 0) is 0 Å². The van der Waals surface area contributed by atoms with Crippen molar-refractivity contribution in [2.45, 2.75) is 39.7 Å². The zero-order chi connectivity index (χ0) is 14.7. The van der Waals surface area contributed by atoms with E-state index in [0.717, 1.165) is 18.4 Å². The molecule has 0 amide bonds. The lowest BCUT2D eigenvalue weighted by Gasteiger charge is -2.17. The van der Waals surface area contributed by atoms with Crippen LogP contribution in [0.4, 0.5) is 5.69 Å². The van der Waals surface area contributed by atoms with Gasteiger partial charge in [-0.1, -0.05) is 31.9 Å². The predicted molar refractivity (Wildman–Crippen MR) is 81.5 cm³/mol. The molecule has 0 fully saturated rings. The van der Waals surface area contributed by atoms with Crippen molar-refractivity contribution >= 4 is 17.3 Å². The Balaban J connectivity index is 2.32. The number of halogens is 1. The molecule has 0 aliphatic carbocycles. The molecule has 108 valence electrons. The summed E-state index contributed by atoms with van der Waals surface area (Å²) < 4.78 is 1.84. The van der Waals surface area contributed by atoms with Gasteiger partial charge >= 0.3 is 0 Å². The first-order valence-corrected chi connectivity index (χ1v) is 7.24. The van der Waals surface area contributed by atoms with Crippen LogP contribution in [0.2, 0.25) is 5.02 Å². The average Bonchev–Trinajstić information content (AvgIpc) is 2.87. The van der Waals surface area contributed by atoms with E-state index in [1.807, 2.05) is 10.7 Å². The molecular formula is C14H20ClN5. The van der Waals surface area contributed by atoms with Crippen molar-refractivity contribution in [3.8, 4) is 11.4 Å². The maximum absolute atomic E-state index is 6.24. The molecule has 0 aliphatic rings. The summed E-state index contributed by atoms with van der Waals surface area (Å²) in [6, 6.07) is 5.61. The molecule has 0 bridgehead atoms. The lowest BCUT2D eigenvalue weighted by Crippen LogP contribution is -2.12. The highest BCUT2D eigenvalue weighted by Crippen LogP contribution is 2.30. The van der Waals surface area contributed by atoms with E-state index in [1.165, 1.54) is 0 Å². The van der Waals surface area contributed by atoms with Crippen LogP contribution < -0.4 is 5.73 Å². The summed E-state index contributed by atoms with van der Waals surface area (Å²) in [7, 11) is 0. The van der Waals surface area contributed by atoms with E-state index in [1.54, 1.807) is 12.1 Å². The van der Waals surface area contributed by atoms with E-state index in [-0.39, 0.29) is 6.04 Å². The summed E-state index contributed by atoms with van der Waals surface area (Å²) in [6.45, 7) is 6.54. The highest BCUT2D eigenvalue weighted by Gasteiger charge is 2.18. The number of benzene rings is 1. The van der Waals surface area contributed by atoms with Crippen molar-refractivity contribution in [2.24, 2.45) is 5.92 Å². The van der Waals surface area contributed by atoms with Crippen molar-refractivity contribution in [1.29, 1.82) is 0 Å². The number of aromatic nitrogens is 4. The Hall–Kier alpha value is -1.62. The number of hydrogen-bond acceptors (Lipinski definition) is 4. The molecule has 5 nitrogen and oxygen atoms in total. The number of tetrazole rings is 1. The van der Waals surface area contributed by atoms with E-state index >= 15 is 0 Å². The fourth-order valence-corrected chi connectivity index (χ4v) is 2.50. The van der Waals surface area contributed by atoms with Crippen LogP contribution in [0.1, 0.15) is 39.7 Å². The summed E-state index contributed by atoms with van der Waals surface area (Å²) in [5.74, 6) is 1.31. The van der Waals surface area contributed by atoms with Crippen LogP contribution >= 0.6 is 11.6 Å². The average molecular weight is 294 g/mol. The van der Waals surface area contributed by atoms with Gasteiger partial charge in [-0.15, -0.1) is 5.10 Å². The van der Waals surface area contributed by atoms with Gasteiger partial charge in [0.25, 0.3) is 0 Å². The third-order valence-corrected chi connectivity index (χ3v) is 3.90.